The average Bonchev–Trinajstić information content (AvgIpc) is 3.43. The van der Waals surface area contributed by atoms with Crippen LogP contribution in [0.1, 0.15) is 64.6 Å². The first kappa shape index (κ1) is 28.0. The summed E-state index contributed by atoms with van der Waals surface area (Å²) in [6.45, 7) is 13.6. The van der Waals surface area contributed by atoms with Crippen LogP contribution in [0.25, 0.3) is 11.0 Å². The van der Waals surface area contributed by atoms with E-state index in [1.54, 1.807) is 19.2 Å². The van der Waals surface area contributed by atoms with E-state index < -0.39 is 0 Å². The van der Waals surface area contributed by atoms with Crippen LogP contribution in [0, 0.1) is 20.8 Å². The van der Waals surface area contributed by atoms with Crippen LogP contribution in [0.4, 0.5) is 5.95 Å². The van der Waals surface area contributed by atoms with Gasteiger partial charge in [0.25, 0.3) is 5.91 Å². The molecule has 2 fully saturated rings. The molecular weight excluding hydrogens is 504 g/mol. The van der Waals surface area contributed by atoms with Gasteiger partial charge in [0.15, 0.2) is 0 Å². The number of amides is 2. The lowest BCUT2D eigenvalue weighted by Gasteiger charge is -2.26. The Morgan fingerprint density at radius 1 is 1.05 bits per heavy atom. The highest BCUT2D eigenvalue weighted by atomic mass is 16.5. The third-order valence-corrected chi connectivity index (χ3v) is 8.07. The van der Waals surface area contributed by atoms with Gasteiger partial charge in [-0.1, -0.05) is 12.6 Å². The number of likely N-dealkylation sites (tertiary alicyclic amines) is 2. The number of methoxy groups -OCH3 is 1. The van der Waals surface area contributed by atoms with Crippen molar-refractivity contribution < 1.29 is 14.3 Å². The van der Waals surface area contributed by atoms with Crippen molar-refractivity contribution in [2.45, 2.75) is 65.1 Å². The Morgan fingerprint density at radius 2 is 1.82 bits per heavy atom. The Kier molecular flexibility index (Phi) is 8.32. The van der Waals surface area contributed by atoms with E-state index in [0.717, 1.165) is 73.3 Å². The van der Waals surface area contributed by atoms with Crippen LogP contribution in [-0.4, -0.2) is 75.5 Å². The van der Waals surface area contributed by atoms with Crippen LogP contribution in [0.3, 0.4) is 0 Å². The van der Waals surface area contributed by atoms with Crippen molar-refractivity contribution in [1.82, 2.24) is 24.3 Å². The maximum absolute atomic E-state index is 13.5. The van der Waals surface area contributed by atoms with Gasteiger partial charge in [0.2, 0.25) is 11.9 Å². The van der Waals surface area contributed by atoms with Gasteiger partial charge in [0.1, 0.15) is 0 Å². The van der Waals surface area contributed by atoms with Crippen molar-refractivity contribution in [2.75, 3.05) is 38.6 Å². The molecule has 2 aliphatic heterocycles. The molecule has 9 nitrogen and oxygen atoms in total. The van der Waals surface area contributed by atoms with Gasteiger partial charge in [-0.25, -0.2) is 4.98 Å². The second kappa shape index (κ2) is 11.9. The average molecular weight is 545 g/mol. The number of fused-ring (bicyclic) bond motifs is 1. The molecular formula is C31H40N6O3. The minimum atomic E-state index is -0.224. The first-order chi connectivity index (χ1) is 19.2. The van der Waals surface area contributed by atoms with E-state index >= 15 is 0 Å². The van der Waals surface area contributed by atoms with E-state index in [4.69, 9.17) is 9.72 Å². The number of anilines is 1. The number of aromatic nitrogens is 3. The van der Waals surface area contributed by atoms with Gasteiger partial charge in [-0.05, 0) is 81.9 Å². The largest absolute Gasteiger partial charge is 0.380 e. The van der Waals surface area contributed by atoms with Gasteiger partial charge >= 0.3 is 0 Å². The number of aryl methyl sites for hydroxylation is 3. The third-order valence-electron chi connectivity index (χ3n) is 8.07. The molecule has 3 aromatic rings. The predicted octanol–water partition coefficient (Wildman–Crippen LogP) is 4.57. The van der Waals surface area contributed by atoms with Crippen molar-refractivity contribution in [1.29, 1.82) is 0 Å². The van der Waals surface area contributed by atoms with Gasteiger partial charge in [0.05, 0.1) is 23.2 Å². The molecule has 2 saturated heterocycles. The summed E-state index contributed by atoms with van der Waals surface area (Å²) in [5.41, 5.74) is 6.26. The number of carbonyl (C=O) groups is 2. The Morgan fingerprint density at radius 3 is 2.52 bits per heavy atom. The number of rotatable bonds is 7. The van der Waals surface area contributed by atoms with E-state index in [2.05, 4.69) is 45.4 Å². The van der Waals surface area contributed by atoms with Crippen molar-refractivity contribution in [2.24, 2.45) is 0 Å². The second-order valence-corrected chi connectivity index (χ2v) is 11.2. The fourth-order valence-electron chi connectivity index (χ4n) is 6.23. The number of pyridine rings is 1. The summed E-state index contributed by atoms with van der Waals surface area (Å²) in [6.07, 6.45) is 5.50. The molecule has 0 spiro atoms. The number of nitrogens with zero attached hydrogens (tertiary/aromatic N) is 5. The highest BCUT2D eigenvalue weighted by Gasteiger charge is 2.28. The summed E-state index contributed by atoms with van der Waals surface area (Å²) in [5.74, 6) is 0.216. The molecule has 5 rings (SSSR count). The number of hydrogen-bond donors (Lipinski definition) is 1. The van der Waals surface area contributed by atoms with Crippen LogP contribution >= 0.6 is 0 Å². The van der Waals surface area contributed by atoms with Crippen LogP contribution in [-0.2, 0) is 16.1 Å². The number of hydrogen-bond acceptors (Lipinski definition) is 6. The molecule has 1 aromatic carbocycles. The first-order valence-corrected chi connectivity index (χ1v) is 14.2. The van der Waals surface area contributed by atoms with Gasteiger partial charge < -0.3 is 14.2 Å². The Bertz CT molecular complexity index is 1410. The molecule has 40 heavy (non-hydrogen) atoms. The van der Waals surface area contributed by atoms with Gasteiger partial charge in [-0.15, -0.1) is 0 Å². The molecule has 0 aliphatic carbocycles. The molecule has 0 radical (unpaired) electrons. The smallest absolute Gasteiger partial charge is 0.258 e. The molecule has 0 saturated carbocycles. The lowest BCUT2D eigenvalue weighted by atomic mass is 10.1. The van der Waals surface area contributed by atoms with Crippen LogP contribution in [0.5, 0.6) is 0 Å². The van der Waals surface area contributed by atoms with E-state index in [-0.39, 0.29) is 24.0 Å². The molecule has 1 N–H and O–H groups in total. The number of benzene rings is 1. The van der Waals surface area contributed by atoms with Gasteiger partial charge in [-0.3, -0.25) is 24.8 Å². The molecule has 9 heteroatoms. The topological polar surface area (TPSA) is 92.6 Å². The summed E-state index contributed by atoms with van der Waals surface area (Å²) >= 11 is 0. The molecule has 2 unspecified atom stereocenters. The molecule has 2 aliphatic rings. The molecule has 2 amide bonds. The predicted molar refractivity (Wildman–Crippen MR) is 156 cm³/mol. The molecule has 2 aromatic heterocycles. The number of ether oxygens (including phenoxy) is 1. The lowest BCUT2D eigenvalue weighted by Crippen LogP contribution is -2.34. The molecule has 4 heterocycles. The minimum absolute atomic E-state index is 0.0294. The van der Waals surface area contributed by atoms with E-state index in [1.165, 1.54) is 11.6 Å². The van der Waals surface area contributed by atoms with Gasteiger partial charge in [-0.2, -0.15) is 0 Å². The van der Waals surface area contributed by atoms with E-state index in [0.29, 0.717) is 24.6 Å². The third kappa shape index (κ3) is 5.95. The zero-order chi connectivity index (χ0) is 28.4. The number of nitrogens with one attached hydrogen (secondary N) is 1. The summed E-state index contributed by atoms with van der Waals surface area (Å²) in [5, 5.41) is 3.11. The van der Waals surface area contributed by atoms with Crippen molar-refractivity contribution in [3.63, 3.8) is 0 Å². The Hall–Kier alpha value is -3.56. The van der Waals surface area contributed by atoms with E-state index in [9.17, 15) is 9.59 Å². The van der Waals surface area contributed by atoms with Crippen LogP contribution < -0.4 is 5.32 Å². The fourth-order valence-corrected chi connectivity index (χ4v) is 6.23. The minimum Gasteiger partial charge on any atom is -0.380 e. The highest BCUT2D eigenvalue weighted by molar-refractivity contribution is 6.04. The zero-order valence-electron chi connectivity index (χ0n) is 24.1. The van der Waals surface area contributed by atoms with E-state index in [1.807, 2.05) is 18.7 Å². The van der Waals surface area contributed by atoms with Crippen molar-refractivity contribution >= 4 is 28.8 Å². The lowest BCUT2D eigenvalue weighted by molar-refractivity contribution is -0.126. The summed E-state index contributed by atoms with van der Waals surface area (Å²) in [6, 6.07) is 7.92. The second-order valence-electron chi connectivity index (χ2n) is 11.2. The SMILES string of the molecule is C=CC(=O)N1CCCCC(n2c(NC(=O)c3cc(C)nc(C)c3)nc3cc(CN4CCC(OC)C4)cc(C)c32)C1. The summed E-state index contributed by atoms with van der Waals surface area (Å²) in [7, 11) is 1.78. The Labute approximate surface area is 236 Å². The van der Waals surface area contributed by atoms with Crippen LogP contribution in [0.2, 0.25) is 0 Å². The standard InChI is InChI=1S/C31H40N6O3/c1-6-28(38)36-11-8-7-9-25(18-36)37-29-20(2)13-23(17-35-12-10-26(19-35)40-5)16-27(29)33-31(37)34-30(39)24-14-21(3)32-22(4)15-24/h6,13-16,25-26H,1,7-12,17-19H2,2-5H3,(H,33,34,39). The maximum Gasteiger partial charge on any atom is 0.258 e. The van der Waals surface area contributed by atoms with Crippen molar-refractivity contribution in [3.8, 4) is 0 Å². The number of carbonyl (C=O) groups excluding carboxylic acids is 2. The fraction of sp³-hybridized carbons (Fsp3) is 0.484. The molecule has 0 bridgehead atoms. The molecule has 212 valence electrons. The quantitative estimate of drug-likeness (QED) is 0.438. The number of imidazole rings is 1. The summed E-state index contributed by atoms with van der Waals surface area (Å²) < 4.78 is 7.71. The first-order valence-electron chi connectivity index (χ1n) is 14.2. The van der Waals surface area contributed by atoms with Crippen molar-refractivity contribution in [3.05, 3.63) is 65.0 Å². The Balaban J connectivity index is 1.54. The monoisotopic (exact) mass is 544 g/mol. The normalized spacial score (nSPS) is 20.1. The maximum atomic E-state index is 13.5. The van der Waals surface area contributed by atoms with Crippen LogP contribution in [0.15, 0.2) is 36.9 Å². The summed E-state index contributed by atoms with van der Waals surface area (Å²) in [4.78, 5) is 39.8. The van der Waals surface area contributed by atoms with Gasteiger partial charge in [0, 0.05) is 56.8 Å². The highest BCUT2D eigenvalue weighted by Crippen LogP contribution is 2.33. The molecule has 2 atom stereocenters. The zero-order valence-corrected chi connectivity index (χ0v) is 24.1.